The van der Waals surface area contributed by atoms with Crippen LogP contribution in [0.15, 0.2) is 42.9 Å². The van der Waals surface area contributed by atoms with E-state index in [2.05, 4.69) is 30.2 Å². The average molecular weight is 334 g/mol. The third-order valence-corrected chi connectivity index (χ3v) is 4.25. The highest BCUT2D eigenvalue weighted by Crippen LogP contribution is 2.15. The fraction of sp³-hybridized carbons (Fsp3) is 0.278. The third-order valence-electron chi connectivity index (χ3n) is 4.25. The van der Waals surface area contributed by atoms with Crippen LogP contribution in [0.25, 0.3) is 11.0 Å². The van der Waals surface area contributed by atoms with Crippen molar-refractivity contribution < 1.29 is 4.79 Å². The van der Waals surface area contributed by atoms with Gasteiger partial charge < -0.3 is 10.2 Å². The van der Waals surface area contributed by atoms with E-state index in [1.54, 1.807) is 36.8 Å². The van der Waals surface area contributed by atoms with Crippen LogP contribution in [0.1, 0.15) is 28.9 Å². The summed E-state index contributed by atoms with van der Waals surface area (Å²) in [7, 11) is 0. The highest BCUT2D eigenvalue weighted by Gasteiger charge is 2.15. The van der Waals surface area contributed by atoms with Crippen LogP contribution >= 0.6 is 0 Å². The third kappa shape index (κ3) is 3.40. The van der Waals surface area contributed by atoms with Crippen molar-refractivity contribution >= 4 is 22.9 Å². The number of benzene rings is 1. The Morgan fingerprint density at radius 2 is 1.80 bits per heavy atom. The molecule has 2 aromatic heterocycles. The molecule has 0 radical (unpaired) electrons. The van der Waals surface area contributed by atoms with E-state index in [1.165, 1.54) is 12.8 Å². The molecular weight excluding hydrogens is 316 g/mol. The largest absolute Gasteiger partial charge is 0.346 e. The molecule has 3 aromatic rings. The number of nitrogens with zero attached hydrogens (tertiary/aromatic N) is 5. The van der Waals surface area contributed by atoms with Crippen LogP contribution < -0.4 is 10.2 Å². The summed E-state index contributed by atoms with van der Waals surface area (Å²) in [6.45, 7) is 2.35. The highest BCUT2D eigenvalue weighted by molar-refractivity contribution is 5.97. The van der Waals surface area contributed by atoms with Crippen LogP contribution in [-0.4, -0.2) is 38.9 Å². The molecule has 0 aliphatic carbocycles. The van der Waals surface area contributed by atoms with Gasteiger partial charge in [-0.15, -0.1) is 0 Å². The highest BCUT2D eigenvalue weighted by atomic mass is 16.1. The van der Waals surface area contributed by atoms with E-state index in [0.29, 0.717) is 17.6 Å². The van der Waals surface area contributed by atoms with Crippen LogP contribution in [0.5, 0.6) is 0 Å². The van der Waals surface area contributed by atoms with Gasteiger partial charge in [0.05, 0.1) is 23.3 Å². The van der Waals surface area contributed by atoms with Gasteiger partial charge in [0, 0.05) is 37.2 Å². The average Bonchev–Trinajstić information content (AvgIpc) is 3.21. The maximum Gasteiger partial charge on any atom is 0.251 e. The lowest BCUT2D eigenvalue weighted by Gasteiger charge is -2.15. The van der Waals surface area contributed by atoms with Crippen LogP contribution in [-0.2, 0) is 6.54 Å². The van der Waals surface area contributed by atoms with Crippen LogP contribution in [0.3, 0.4) is 0 Å². The molecule has 1 saturated heterocycles. The predicted molar refractivity (Wildman–Crippen MR) is 94.2 cm³/mol. The van der Waals surface area contributed by atoms with Gasteiger partial charge in [-0.05, 0) is 37.1 Å². The quantitative estimate of drug-likeness (QED) is 0.785. The first-order valence-electron chi connectivity index (χ1n) is 8.35. The van der Waals surface area contributed by atoms with Crippen LogP contribution in [0, 0.1) is 0 Å². The molecule has 1 amide bonds. The number of carbonyl (C=O) groups is 1. The Bertz CT molecular complexity index is 907. The van der Waals surface area contributed by atoms with Gasteiger partial charge in [0.15, 0.2) is 0 Å². The summed E-state index contributed by atoms with van der Waals surface area (Å²) in [6.07, 6.45) is 7.35. The van der Waals surface area contributed by atoms with Gasteiger partial charge >= 0.3 is 0 Å². The fourth-order valence-electron chi connectivity index (χ4n) is 2.93. The molecule has 0 atom stereocenters. The minimum Gasteiger partial charge on any atom is -0.346 e. The van der Waals surface area contributed by atoms with Gasteiger partial charge in [-0.2, -0.15) is 0 Å². The molecule has 0 saturated carbocycles. The zero-order valence-corrected chi connectivity index (χ0v) is 13.7. The van der Waals surface area contributed by atoms with E-state index in [9.17, 15) is 4.79 Å². The van der Waals surface area contributed by atoms with Gasteiger partial charge in [0.2, 0.25) is 5.95 Å². The Hall–Kier alpha value is -3.09. The summed E-state index contributed by atoms with van der Waals surface area (Å²) in [6, 6.07) is 7.12. The van der Waals surface area contributed by atoms with E-state index < -0.39 is 0 Å². The number of hydrogen-bond donors (Lipinski definition) is 1. The maximum atomic E-state index is 12.4. The number of amides is 1. The molecule has 0 unspecified atom stereocenters. The molecule has 1 aliphatic rings. The topological polar surface area (TPSA) is 83.9 Å². The number of fused-ring (bicyclic) bond motifs is 1. The number of nitrogens with one attached hydrogen (secondary N) is 1. The number of carbonyl (C=O) groups excluding carboxylic acids is 1. The van der Waals surface area contributed by atoms with E-state index in [1.807, 2.05) is 6.07 Å². The molecule has 1 fully saturated rings. The molecule has 7 heteroatoms. The fourth-order valence-corrected chi connectivity index (χ4v) is 2.93. The zero-order valence-electron chi connectivity index (χ0n) is 13.7. The molecular formula is C18H18N6O. The summed E-state index contributed by atoms with van der Waals surface area (Å²) < 4.78 is 0. The molecule has 4 rings (SSSR count). The number of rotatable bonds is 4. The monoisotopic (exact) mass is 334 g/mol. The summed E-state index contributed by atoms with van der Waals surface area (Å²) in [5, 5.41) is 2.90. The first-order chi connectivity index (χ1) is 12.3. The first-order valence-corrected chi connectivity index (χ1v) is 8.35. The van der Waals surface area contributed by atoms with Gasteiger partial charge in [0.1, 0.15) is 0 Å². The lowest BCUT2D eigenvalue weighted by molar-refractivity contribution is 0.0950. The van der Waals surface area contributed by atoms with Crippen molar-refractivity contribution in [3.05, 3.63) is 54.1 Å². The summed E-state index contributed by atoms with van der Waals surface area (Å²) >= 11 is 0. The van der Waals surface area contributed by atoms with Crippen molar-refractivity contribution in [3.63, 3.8) is 0 Å². The second-order valence-corrected chi connectivity index (χ2v) is 5.98. The Morgan fingerprint density at radius 1 is 1.00 bits per heavy atom. The van der Waals surface area contributed by atoms with E-state index in [-0.39, 0.29) is 5.91 Å². The summed E-state index contributed by atoms with van der Waals surface area (Å²) in [5.74, 6) is 0.583. The molecule has 126 valence electrons. The standard InChI is InChI=1S/C18H18N6O/c25-17(13-3-4-15-16(11-13)20-8-7-19-15)22-12-14-5-6-21-18(23-14)24-9-1-2-10-24/h3-8,11H,1-2,9-10,12H2,(H,22,25). The van der Waals surface area contributed by atoms with Crippen molar-refractivity contribution in [2.75, 3.05) is 18.0 Å². The van der Waals surface area contributed by atoms with Crippen molar-refractivity contribution in [3.8, 4) is 0 Å². The van der Waals surface area contributed by atoms with Crippen molar-refractivity contribution in [2.24, 2.45) is 0 Å². The Balaban J connectivity index is 1.45. The van der Waals surface area contributed by atoms with Crippen molar-refractivity contribution in [1.29, 1.82) is 0 Å². The smallest absolute Gasteiger partial charge is 0.251 e. The molecule has 3 heterocycles. The molecule has 1 N–H and O–H groups in total. The van der Waals surface area contributed by atoms with Gasteiger partial charge in [-0.25, -0.2) is 9.97 Å². The van der Waals surface area contributed by atoms with E-state index in [0.717, 1.165) is 30.2 Å². The summed E-state index contributed by atoms with van der Waals surface area (Å²) in [4.78, 5) is 31.9. The molecule has 0 spiro atoms. The van der Waals surface area contributed by atoms with Gasteiger partial charge in [0.25, 0.3) is 5.91 Å². The number of hydrogen-bond acceptors (Lipinski definition) is 6. The predicted octanol–water partition coefficient (Wildman–Crippen LogP) is 1.95. The molecule has 1 aliphatic heterocycles. The zero-order chi connectivity index (χ0) is 17.1. The SMILES string of the molecule is O=C(NCc1ccnc(N2CCCC2)n1)c1ccc2nccnc2c1. The summed E-state index contributed by atoms with van der Waals surface area (Å²) in [5.41, 5.74) is 2.83. The van der Waals surface area contributed by atoms with Gasteiger partial charge in [-0.1, -0.05) is 0 Å². The molecule has 0 bridgehead atoms. The van der Waals surface area contributed by atoms with Crippen molar-refractivity contribution in [1.82, 2.24) is 25.3 Å². The van der Waals surface area contributed by atoms with E-state index >= 15 is 0 Å². The molecule has 25 heavy (non-hydrogen) atoms. The number of aromatic nitrogens is 4. The van der Waals surface area contributed by atoms with Crippen LogP contribution in [0.4, 0.5) is 5.95 Å². The first kappa shape index (κ1) is 15.4. The minimum atomic E-state index is -0.158. The minimum absolute atomic E-state index is 0.158. The second kappa shape index (κ2) is 6.80. The Kier molecular flexibility index (Phi) is 4.20. The number of anilines is 1. The van der Waals surface area contributed by atoms with Gasteiger partial charge in [-0.3, -0.25) is 14.8 Å². The van der Waals surface area contributed by atoms with Crippen molar-refractivity contribution in [2.45, 2.75) is 19.4 Å². The Morgan fingerprint density at radius 3 is 2.64 bits per heavy atom. The lowest BCUT2D eigenvalue weighted by Crippen LogP contribution is -2.25. The normalized spacial score (nSPS) is 14.0. The Labute approximate surface area is 145 Å². The second-order valence-electron chi connectivity index (χ2n) is 5.98. The lowest BCUT2D eigenvalue weighted by atomic mass is 10.2. The van der Waals surface area contributed by atoms with Crippen LogP contribution in [0.2, 0.25) is 0 Å². The molecule has 7 nitrogen and oxygen atoms in total. The maximum absolute atomic E-state index is 12.4. The molecule has 1 aromatic carbocycles. The van der Waals surface area contributed by atoms with E-state index in [4.69, 9.17) is 0 Å².